The first-order chi connectivity index (χ1) is 15.2. The number of piperidine rings is 2. The molecule has 31 heavy (non-hydrogen) atoms. The summed E-state index contributed by atoms with van der Waals surface area (Å²) in [5.41, 5.74) is 0.387. The Morgan fingerprint density at radius 1 is 1.03 bits per heavy atom. The Morgan fingerprint density at radius 3 is 2.71 bits per heavy atom. The molecular formula is C24H35N5O2. The molecule has 1 aromatic carbocycles. The Bertz CT molecular complexity index is 800. The van der Waals surface area contributed by atoms with Crippen molar-refractivity contribution in [3.05, 3.63) is 48.3 Å². The third kappa shape index (κ3) is 6.63. The van der Waals surface area contributed by atoms with Crippen LogP contribution in [0.1, 0.15) is 37.7 Å². The molecule has 1 aromatic heterocycles. The first kappa shape index (κ1) is 22.0. The van der Waals surface area contributed by atoms with Gasteiger partial charge >= 0.3 is 0 Å². The molecule has 0 aliphatic carbocycles. The number of hydrogen-bond donors (Lipinski definition) is 2. The molecule has 4 rings (SSSR count). The van der Waals surface area contributed by atoms with Crippen molar-refractivity contribution >= 4 is 5.95 Å². The number of rotatable bonds is 9. The van der Waals surface area contributed by atoms with Gasteiger partial charge in [0.2, 0.25) is 5.95 Å². The number of nitrogens with one attached hydrogen (secondary N) is 1. The van der Waals surface area contributed by atoms with Gasteiger partial charge in [0.25, 0.3) is 0 Å². The molecule has 0 saturated carbocycles. The minimum absolute atomic E-state index is 0.538. The molecule has 168 valence electrons. The Labute approximate surface area is 185 Å². The molecule has 2 aliphatic heterocycles. The predicted molar refractivity (Wildman–Crippen MR) is 122 cm³/mol. The average Bonchev–Trinajstić information content (AvgIpc) is 2.81. The number of aliphatic hydroxyl groups is 1. The van der Waals surface area contributed by atoms with Gasteiger partial charge < -0.3 is 20.1 Å². The number of benzene rings is 1. The van der Waals surface area contributed by atoms with Crippen molar-refractivity contribution in [2.24, 2.45) is 0 Å². The molecule has 0 radical (unpaired) electrons. The van der Waals surface area contributed by atoms with E-state index < -0.39 is 5.60 Å². The zero-order valence-electron chi connectivity index (χ0n) is 18.4. The second-order valence-corrected chi connectivity index (χ2v) is 8.80. The van der Waals surface area contributed by atoms with Gasteiger partial charge in [-0.05, 0) is 62.5 Å². The lowest BCUT2D eigenvalue weighted by Gasteiger charge is -2.39. The molecule has 2 aromatic rings. The molecule has 1 unspecified atom stereocenters. The topological polar surface area (TPSA) is 73.8 Å². The smallest absolute Gasteiger partial charge is 0.225 e. The monoisotopic (exact) mass is 425 g/mol. The number of aromatic nitrogens is 2. The Balaban J connectivity index is 1.22. The van der Waals surface area contributed by atoms with Crippen LogP contribution in [0.2, 0.25) is 0 Å². The van der Waals surface area contributed by atoms with E-state index in [9.17, 15) is 5.11 Å². The van der Waals surface area contributed by atoms with E-state index in [2.05, 4.69) is 37.2 Å². The normalized spacial score (nSPS) is 22.4. The Morgan fingerprint density at radius 2 is 1.87 bits per heavy atom. The standard InChI is InChI=1S/C24H35N5O2/c30-24(9-5-14-29(20-24)23-26-10-6-11-27-23)19-25-18-21-7-4-8-22(17-21)31-16-15-28-12-2-1-3-13-28/h4,6-8,10-11,17,25,30H,1-3,5,9,12-16,18-20H2. The van der Waals surface area contributed by atoms with Crippen LogP contribution < -0.4 is 15.0 Å². The predicted octanol–water partition coefficient (Wildman–Crippen LogP) is 2.46. The van der Waals surface area contributed by atoms with E-state index in [1.165, 1.54) is 32.4 Å². The third-order valence-electron chi connectivity index (χ3n) is 6.20. The summed E-state index contributed by atoms with van der Waals surface area (Å²) in [5, 5.41) is 14.5. The van der Waals surface area contributed by atoms with Crippen LogP contribution in [0, 0.1) is 0 Å². The van der Waals surface area contributed by atoms with E-state index in [1.54, 1.807) is 12.4 Å². The number of ether oxygens (including phenoxy) is 1. The number of likely N-dealkylation sites (tertiary alicyclic amines) is 1. The molecule has 0 amide bonds. The first-order valence-electron chi connectivity index (χ1n) is 11.6. The van der Waals surface area contributed by atoms with Crippen LogP contribution in [0.15, 0.2) is 42.7 Å². The maximum atomic E-state index is 11.1. The number of nitrogens with zero attached hydrogens (tertiary/aromatic N) is 4. The molecule has 3 heterocycles. The molecular weight excluding hydrogens is 390 g/mol. The molecule has 1 atom stereocenters. The van der Waals surface area contributed by atoms with Crippen LogP contribution in [0.3, 0.4) is 0 Å². The quantitative estimate of drug-likeness (QED) is 0.639. The summed E-state index contributed by atoms with van der Waals surface area (Å²) in [7, 11) is 0. The highest BCUT2D eigenvalue weighted by molar-refractivity contribution is 5.31. The van der Waals surface area contributed by atoms with Gasteiger partial charge in [-0.3, -0.25) is 4.90 Å². The van der Waals surface area contributed by atoms with Crippen LogP contribution >= 0.6 is 0 Å². The number of anilines is 1. The summed E-state index contributed by atoms with van der Waals surface area (Å²) in [6, 6.07) is 10.1. The van der Waals surface area contributed by atoms with E-state index in [1.807, 2.05) is 18.2 Å². The van der Waals surface area contributed by atoms with E-state index in [-0.39, 0.29) is 0 Å². The molecule has 0 bridgehead atoms. The molecule has 7 heteroatoms. The van der Waals surface area contributed by atoms with E-state index in [0.717, 1.165) is 43.9 Å². The lowest BCUT2D eigenvalue weighted by molar-refractivity contribution is 0.0256. The summed E-state index contributed by atoms with van der Waals surface area (Å²) in [4.78, 5) is 13.2. The summed E-state index contributed by atoms with van der Waals surface area (Å²) in [6.45, 7) is 6.79. The highest BCUT2D eigenvalue weighted by Gasteiger charge is 2.33. The van der Waals surface area contributed by atoms with Crippen molar-refractivity contribution in [1.82, 2.24) is 20.2 Å². The van der Waals surface area contributed by atoms with E-state index >= 15 is 0 Å². The van der Waals surface area contributed by atoms with Crippen LogP contribution in [0.5, 0.6) is 5.75 Å². The highest BCUT2D eigenvalue weighted by atomic mass is 16.5. The average molecular weight is 426 g/mol. The minimum Gasteiger partial charge on any atom is -0.492 e. The molecule has 2 N–H and O–H groups in total. The first-order valence-corrected chi connectivity index (χ1v) is 11.6. The number of β-amino-alcohol motifs (C(OH)–C–C–N with tert-alkyl or cyclic N) is 1. The zero-order chi connectivity index (χ0) is 21.4. The fraction of sp³-hybridized carbons (Fsp3) is 0.583. The van der Waals surface area contributed by atoms with Crippen LogP contribution in [-0.2, 0) is 6.54 Å². The van der Waals surface area contributed by atoms with Gasteiger partial charge in [-0.25, -0.2) is 9.97 Å². The van der Waals surface area contributed by atoms with Gasteiger partial charge in [0, 0.05) is 38.6 Å². The van der Waals surface area contributed by atoms with Gasteiger partial charge in [-0.2, -0.15) is 0 Å². The SMILES string of the molecule is OC1(CNCc2cccc(OCCN3CCCCC3)c2)CCCN(c2ncccn2)C1. The highest BCUT2D eigenvalue weighted by Crippen LogP contribution is 2.23. The van der Waals surface area contributed by atoms with Crippen molar-refractivity contribution in [2.45, 2.75) is 44.2 Å². The fourth-order valence-electron chi connectivity index (χ4n) is 4.54. The number of hydrogen-bond acceptors (Lipinski definition) is 7. The van der Waals surface area contributed by atoms with Crippen molar-refractivity contribution < 1.29 is 9.84 Å². The zero-order valence-corrected chi connectivity index (χ0v) is 18.4. The summed E-state index contributed by atoms with van der Waals surface area (Å²) in [6.07, 6.45) is 9.18. The summed E-state index contributed by atoms with van der Waals surface area (Å²) in [5.74, 6) is 1.61. The molecule has 2 aliphatic rings. The van der Waals surface area contributed by atoms with Gasteiger partial charge in [0.1, 0.15) is 12.4 Å². The van der Waals surface area contributed by atoms with Crippen LogP contribution in [0.4, 0.5) is 5.95 Å². The fourth-order valence-corrected chi connectivity index (χ4v) is 4.54. The third-order valence-corrected chi connectivity index (χ3v) is 6.20. The maximum absolute atomic E-state index is 11.1. The van der Waals surface area contributed by atoms with Crippen molar-refractivity contribution in [1.29, 1.82) is 0 Å². The Hall–Kier alpha value is -2.22. The minimum atomic E-state index is -0.778. The second kappa shape index (κ2) is 10.9. The van der Waals surface area contributed by atoms with Crippen LogP contribution in [-0.4, -0.2) is 71.5 Å². The second-order valence-electron chi connectivity index (χ2n) is 8.80. The van der Waals surface area contributed by atoms with Crippen LogP contribution in [0.25, 0.3) is 0 Å². The van der Waals surface area contributed by atoms with Gasteiger partial charge in [0.15, 0.2) is 0 Å². The van der Waals surface area contributed by atoms with E-state index in [4.69, 9.17) is 4.74 Å². The molecule has 2 fully saturated rings. The molecule has 7 nitrogen and oxygen atoms in total. The molecule has 0 spiro atoms. The van der Waals surface area contributed by atoms with Gasteiger partial charge in [-0.1, -0.05) is 18.6 Å². The Kier molecular flexibility index (Phi) is 7.72. The van der Waals surface area contributed by atoms with E-state index in [0.29, 0.717) is 25.6 Å². The largest absolute Gasteiger partial charge is 0.492 e. The molecule has 2 saturated heterocycles. The summed E-state index contributed by atoms with van der Waals surface area (Å²) >= 11 is 0. The van der Waals surface area contributed by atoms with Crippen molar-refractivity contribution in [3.8, 4) is 5.75 Å². The van der Waals surface area contributed by atoms with Gasteiger partial charge in [0.05, 0.1) is 12.1 Å². The maximum Gasteiger partial charge on any atom is 0.225 e. The summed E-state index contributed by atoms with van der Waals surface area (Å²) < 4.78 is 5.99. The van der Waals surface area contributed by atoms with Gasteiger partial charge in [-0.15, -0.1) is 0 Å². The van der Waals surface area contributed by atoms with Crippen molar-refractivity contribution in [2.75, 3.05) is 50.8 Å². The lowest BCUT2D eigenvalue weighted by atomic mass is 9.93. The van der Waals surface area contributed by atoms with Crippen molar-refractivity contribution in [3.63, 3.8) is 0 Å². The lowest BCUT2D eigenvalue weighted by Crippen LogP contribution is -2.53.